The van der Waals surface area contributed by atoms with Crippen molar-refractivity contribution in [2.45, 2.75) is 22.0 Å². The summed E-state index contributed by atoms with van der Waals surface area (Å²) in [5.41, 5.74) is 1.40. The average Bonchev–Trinajstić information content (AvgIpc) is 2.67. The number of alkyl halides is 2. The van der Waals surface area contributed by atoms with Crippen LogP contribution in [0.15, 0.2) is 24.3 Å². The molecule has 0 aliphatic heterocycles. The highest BCUT2D eigenvalue weighted by molar-refractivity contribution is 9.25. The van der Waals surface area contributed by atoms with Crippen LogP contribution < -0.4 is 4.74 Å². The van der Waals surface area contributed by atoms with Crippen molar-refractivity contribution >= 4 is 31.9 Å². The SMILES string of the molecule is COc1ccccc1C1(C)CC1(Br)Br. The number of benzene rings is 1. The molecule has 1 aliphatic carbocycles. The number of hydrogen-bond donors (Lipinski definition) is 0. The van der Waals surface area contributed by atoms with Crippen LogP contribution in [0.2, 0.25) is 0 Å². The molecule has 1 nitrogen and oxygen atoms in total. The molecule has 0 radical (unpaired) electrons. The molecule has 1 atom stereocenters. The zero-order valence-corrected chi connectivity index (χ0v) is 11.4. The summed E-state index contributed by atoms with van der Waals surface area (Å²) < 4.78 is 5.41. The molecule has 0 N–H and O–H groups in total. The smallest absolute Gasteiger partial charge is 0.122 e. The molecule has 3 heteroatoms. The second kappa shape index (κ2) is 3.24. The number of ether oxygens (including phenoxy) is 1. The van der Waals surface area contributed by atoms with Gasteiger partial charge in [0.2, 0.25) is 0 Å². The third kappa shape index (κ3) is 1.41. The molecule has 0 saturated heterocycles. The summed E-state index contributed by atoms with van der Waals surface area (Å²) in [6.45, 7) is 2.23. The molecule has 1 saturated carbocycles. The van der Waals surface area contributed by atoms with Crippen LogP contribution in [0, 0.1) is 0 Å². The van der Waals surface area contributed by atoms with E-state index in [1.54, 1.807) is 7.11 Å². The van der Waals surface area contributed by atoms with Crippen LogP contribution in [0.3, 0.4) is 0 Å². The number of halogens is 2. The molecule has 76 valence electrons. The summed E-state index contributed by atoms with van der Waals surface area (Å²) in [4.78, 5) is 0. The van der Waals surface area contributed by atoms with Gasteiger partial charge >= 0.3 is 0 Å². The first-order chi connectivity index (χ1) is 6.51. The fourth-order valence-corrected chi connectivity index (χ4v) is 3.34. The van der Waals surface area contributed by atoms with Gasteiger partial charge in [-0.1, -0.05) is 57.0 Å². The standard InChI is InChI=1S/C11H12Br2O/c1-10(7-11(10,12)13)8-5-3-4-6-9(8)14-2/h3-6H,7H2,1-2H3. The molecule has 1 fully saturated rings. The lowest BCUT2D eigenvalue weighted by molar-refractivity contribution is 0.405. The Kier molecular flexibility index (Phi) is 2.43. The lowest BCUT2D eigenvalue weighted by atomic mass is 9.97. The van der Waals surface area contributed by atoms with E-state index in [0.29, 0.717) is 0 Å². The van der Waals surface area contributed by atoms with Gasteiger partial charge in [-0.05, 0) is 12.5 Å². The summed E-state index contributed by atoms with van der Waals surface area (Å²) in [5.74, 6) is 0.968. The highest BCUT2D eigenvalue weighted by Gasteiger charge is 2.63. The van der Waals surface area contributed by atoms with Gasteiger partial charge in [0, 0.05) is 11.0 Å². The maximum absolute atomic E-state index is 5.36. The van der Waals surface area contributed by atoms with Crippen molar-refractivity contribution in [2.24, 2.45) is 0 Å². The van der Waals surface area contributed by atoms with Crippen LogP contribution in [0.5, 0.6) is 5.75 Å². The molecule has 14 heavy (non-hydrogen) atoms. The van der Waals surface area contributed by atoms with E-state index >= 15 is 0 Å². The topological polar surface area (TPSA) is 9.23 Å². The zero-order valence-electron chi connectivity index (χ0n) is 8.18. The van der Waals surface area contributed by atoms with Crippen molar-refractivity contribution in [3.8, 4) is 5.75 Å². The number of hydrogen-bond acceptors (Lipinski definition) is 1. The molecule has 1 aliphatic rings. The summed E-state index contributed by atoms with van der Waals surface area (Å²) in [5, 5.41) is 0. The Labute approximate surface area is 101 Å². The molecule has 0 aromatic heterocycles. The molecule has 0 amide bonds. The summed E-state index contributed by atoms with van der Waals surface area (Å²) in [7, 11) is 1.72. The normalized spacial score (nSPS) is 28.6. The summed E-state index contributed by atoms with van der Waals surface area (Å²) >= 11 is 7.34. The maximum atomic E-state index is 5.36. The highest BCUT2D eigenvalue weighted by Crippen LogP contribution is 2.68. The van der Waals surface area contributed by atoms with Crippen LogP contribution in [0.4, 0.5) is 0 Å². The Bertz CT molecular complexity index is 362. The van der Waals surface area contributed by atoms with Crippen LogP contribution in [0.25, 0.3) is 0 Å². The predicted octanol–water partition coefficient (Wildman–Crippen LogP) is 3.84. The van der Waals surface area contributed by atoms with Gasteiger partial charge in [-0.2, -0.15) is 0 Å². The molecule has 1 unspecified atom stereocenters. The minimum Gasteiger partial charge on any atom is -0.496 e. The molecule has 0 heterocycles. The zero-order chi connectivity index (χ0) is 10.4. The van der Waals surface area contributed by atoms with Gasteiger partial charge in [0.1, 0.15) is 5.75 Å². The Hall–Kier alpha value is -0.0200. The van der Waals surface area contributed by atoms with E-state index in [9.17, 15) is 0 Å². The molecule has 2 rings (SSSR count). The Morgan fingerprint density at radius 1 is 1.29 bits per heavy atom. The Morgan fingerprint density at radius 2 is 1.86 bits per heavy atom. The van der Waals surface area contributed by atoms with E-state index in [0.717, 1.165) is 12.2 Å². The van der Waals surface area contributed by atoms with E-state index in [1.165, 1.54) is 5.56 Å². The molecular formula is C11H12Br2O. The molecule has 1 aromatic carbocycles. The quantitative estimate of drug-likeness (QED) is 0.752. The fourth-order valence-electron chi connectivity index (χ4n) is 1.79. The highest BCUT2D eigenvalue weighted by atomic mass is 79.9. The predicted molar refractivity (Wildman–Crippen MR) is 65.5 cm³/mol. The minimum atomic E-state index is 0.0433. The van der Waals surface area contributed by atoms with Crippen molar-refractivity contribution in [1.82, 2.24) is 0 Å². The fraction of sp³-hybridized carbons (Fsp3) is 0.455. The summed E-state index contributed by atoms with van der Waals surface area (Å²) in [6, 6.07) is 8.19. The van der Waals surface area contributed by atoms with Gasteiger partial charge in [0.15, 0.2) is 0 Å². The number of rotatable bonds is 2. The second-order valence-electron chi connectivity index (χ2n) is 3.91. The van der Waals surface area contributed by atoms with Crippen molar-refractivity contribution < 1.29 is 4.74 Å². The average molecular weight is 320 g/mol. The van der Waals surface area contributed by atoms with E-state index in [-0.39, 0.29) is 8.65 Å². The van der Waals surface area contributed by atoms with Crippen molar-refractivity contribution in [1.29, 1.82) is 0 Å². The third-order valence-electron chi connectivity index (χ3n) is 2.96. The molecular weight excluding hydrogens is 308 g/mol. The Balaban J connectivity index is 2.43. The lowest BCUT2D eigenvalue weighted by Gasteiger charge is -2.16. The van der Waals surface area contributed by atoms with Crippen LogP contribution in [0.1, 0.15) is 18.9 Å². The largest absolute Gasteiger partial charge is 0.496 e. The van der Waals surface area contributed by atoms with Crippen LogP contribution >= 0.6 is 31.9 Å². The maximum Gasteiger partial charge on any atom is 0.122 e. The van der Waals surface area contributed by atoms with Crippen molar-refractivity contribution in [3.63, 3.8) is 0 Å². The van der Waals surface area contributed by atoms with Crippen molar-refractivity contribution in [3.05, 3.63) is 29.8 Å². The second-order valence-corrected chi connectivity index (χ2v) is 7.69. The minimum absolute atomic E-state index is 0.0433. The van der Waals surface area contributed by atoms with E-state index in [4.69, 9.17) is 4.74 Å². The van der Waals surface area contributed by atoms with Gasteiger partial charge in [-0.15, -0.1) is 0 Å². The van der Waals surface area contributed by atoms with E-state index in [1.807, 2.05) is 12.1 Å². The van der Waals surface area contributed by atoms with Gasteiger partial charge < -0.3 is 4.74 Å². The van der Waals surface area contributed by atoms with Crippen molar-refractivity contribution in [2.75, 3.05) is 7.11 Å². The van der Waals surface area contributed by atoms with E-state index in [2.05, 4.69) is 50.9 Å². The van der Waals surface area contributed by atoms with Crippen LogP contribution in [-0.4, -0.2) is 10.3 Å². The third-order valence-corrected chi connectivity index (χ3v) is 5.27. The van der Waals surface area contributed by atoms with Gasteiger partial charge in [-0.3, -0.25) is 0 Å². The monoisotopic (exact) mass is 318 g/mol. The van der Waals surface area contributed by atoms with Gasteiger partial charge in [0.05, 0.1) is 10.3 Å². The molecule has 0 bridgehead atoms. The first-order valence-corrected chi connectivity index (χ1v) is 6.11. The van der Waals surface area contributed by atoms with Gasteiger partial charge in [-0.25, -0.2) is 0 Å². The number of para-hydroxylation sites is 1. The summed E-state index contributed by atoms with van der Waals surface area (Å²) in [6.07, 6.45) is 1.08. The lowest BCUT2D eigenvalue weighted by Crippen LogP contribution is -2.10. The molecule has 0 spiro atoms. The first kappa shape index (κ1) is 10.5. The molecule has 1 aromatic rings. The number of methoxy groups -OCH3 is 1. The van der Waals surface area contributed by atoms with E-state index < -0.39 is 0 Å². The van der Waals surface area contributed by atoms with Crippen LogP contribution in [-0.2, 0) is 5.41 Å². The first-order valence-electron chi connectivity index (χ1n) is 4.52. The Morgan fingerprint density at radius 3 is 2.36 bits per heavy atom. The van der Waals surface area contributed by atoms with Gasteiger partial charge in [0.25, 0.3) is 0 Å².